The first-order valence-electron chi connectivity index (χ1n) is 7.64. The highest BCUT2D eigenvalue weighted by Crippen LogP contribution is 2.39. The van der Waals surface area contributed by atoms with Crippen molar-refractivity contribution in [3.8, 4) is 0 Å². The van der Waals surface area contributed by atoms with E-state index in [9.17, 15) is 22.8 Å². The third-order valence-corrected chi connectivity index (χ3v) is 4.03. The zero-order valence-corrected chi connectivity index (χ0v) is 14.3. The quantitative estimate of drug-likeness (QED) is 0.842. The Balaban J connectivity index is 2.69. The average molecular weight is 356 g/mol. The van der Waals surface area contributed by atoms with E-state index in [0.717, 1.165) is 13.2 Å². The Morgan fingerprint density at radius 1 is 1.28 bits per heavy atom. The fraction of sp³-hybridized carbons (Fsp3) is 0.412. The Morgan fingerprint density at radius 3 is 2.40 bits per heavy atom. The number of nitrogens with zero attached hydrogens (tertiary/aromatic N) is 1. The Morgan fingerprint density at radius 2 is 1.88 bits per heavy atom. The maximum absolute atomic E-state index is 13.4. The summed E-state index contributed by atoms with van der Waals surface area (Å²) in [4.78, 5) is 26.0. The Bertz CT molecular complexity index is 726. The number of carbonyl (C=O) groups excluding carboxylic acids is 2. The van der Waals surface area contributed by atoms with E-state index in [1.54, 1.807) is 13.8 Å². The highest BCUT2D eigenvalue weighted by Gasteiger charge is 2.42. The third kappa shape index (κ3) is 3.47. The molecule has 136 valence electrons. The van der Waals surface area contributed by atoms with Crippen LogP contribution in [0, 0.1) is 0 Å². The highest BCUT2D eigenvalue weighted by atomic mass is 19.4. The van der Waals surface area contributed by atoms with Gasteiger partial charge in [0.1, 0.15) is 0 Å². The molecule has 1 aliphatic heterocycles. The van der Waals surface area contributed by atoms with Gasteiger partial charge in [-0.1, -0.05) is 18.2 Å². The standard InChI is InChI=1S/C17H19F3N2O3/c1-9(2)22-10(3)13(15(23)25-4)14(21-16(22)24)11-7-5-6-8-12(11)17(18,19)20/h5-9,14H,1-4H3,(H,21,24)/t14-/m1/s1. The van der Waals surface area contributed by atoms with Gasteiger partial charge in [0.15, 0.2) is 0 Å². The van der Waals surface area contributed by atoms with Crippen molar-refractivity contribution in [1.82, 2.24) is 10.2 Å². The maximum atomic E-state index is 13.4. The third-order valence-electron chi connectivity index (χ3n) is 4.03. The molecule has 2 rings (SSSR count). The maximum Gasteiger partial charge on any atom is 0.416 e. The van der Waals surface area contributed by atoms with E-state index in [0.29, 0.717) is 0 Å². The Hall–Kier alpha value is -2.51. The van der Waals surface area contributed by atoms with Crippen LogP contribution in [0.3, 0.4) is 0 Å². The summed E-state index contributed by atoms with van der Waals surface area (Å²) in [6, 6.07) is 2.75. The molecule has 0 saturated heterocycles. The topological polar surface area (TPSA) is 58.6 Å². The molecule has 0 radical (unpaired) electrons. The number of methoxy groups -OCH3 is 1. The van der Waals surface area contributed by atoms with Crippen molar-refractivity contribution in [1.29, 1.82) is 0 Å². The number of esters is 1. The minimum atomic E-state index is -4.62. The van der Waals surface area contributed by atoms with Crippen LogP contribution in [0.1, 0.15) is 37.9 Å². The lowest BCUT2D eigenvalue weighted by molar-refractivity contribution is -0.140. The number of nitrogens with one attached hydrogen (secondary N) is 1. The van der Waals surface area contributed by atoms with Crippen LogP contribution in [0.5, 0.6) is 0 Å². The van der Waals surface area contributed by atoms with Crippen LogP contribution >= 0.6 is 0 Å². The smallest absolute Gasteiger partial charge is 0.416 e. The summed E-state index contributed by atoms with van der Waals surface area (Å²) in [5, 5.41) is 2.50. The number of allylic oxidation sites excluding steroid dienone is 1. The van der Waals surface area contributed by atoms with E-state index < -0.39 is 29.8 Å². The number of carbonyl (C=O) groups is 2. The van der Waals surface area contributed by atoms with Gasteiger partial charge in [-0.2, -0.15) is 13.2 Å². The number of alkyl halides is 3. The second kappa shape index (κ2) is 6.78. The molecule has 0 fully saturated rings. The average Bonchev–Trinajstić information content (AvgIpc) is 2.52. The minimum Gasteiger partial charge on any atom is -0.466 e. The van der Waals surface area contributed by atoms with Crippen molar-refractivity contribution in [2.24, 2.45) is 0 Å². The summed E-state index contributed by atoms with van der Waals surface area (Å²) in [5.74, 6) is -0.787. The molecule has 0 bridgehead atoms. The fourth-order valence-corrected chi connectivity index (χ4v) is 2.99. The van der Waals surface area contributed by atoms with Gasteiger partial charge in [-0.05, 0) is 32.4 Å². The molecule has 1 N–H and O–H groups in total. The number of benzene rings is 1. The Labute approximate surface area is 143 Å². The number of rotatable bonds is 3. The molecule has 1 aliphatic rings. The van der Waals surface area contributed by atoms with Crippen molar-refractivity contribution in [3.05, 3.63) is 46.7 Å². The SMILES string of the molecule is COC(=O)C1=C(C)N(C(C)C)C(=O)N[C@@H]1c1ccccc1C(F)(F)F. The van der Waals surface area contributed by atoms with Crippen LogP contribution in [0.25, 0.3) is 0 Å². The van der Waals surface area contributed by atoms with Crippen LogP contribution in [0.2, 0.25) is 0 Å². The van der Waals surface area contributed by atoms with Crippen molar-refractivity contribution >= 4 is 12.0 Å². The van der Waals surface area contributed by atoms with Crippen LogP contribution in [0.15, 0.2) is 35.5 Å². The molecular formula is C17H19F3N2O3. The molecule has 0 aromatic heterocycles. The van der Waals surface area contributed by atoms with E-state index >= 15 is 0 Å². The first-order valence-corrected chi connectivity index (χ1v) is 7.64. The lowest BCUT2D eigenvalue weighted by Gasteiger charge is -2.38. The molecule has 25 heavy (non-hydrogen) atoms. The van der Waals surface area contributed by atoms with Crippen LogP contribution in [-0.4, -0.2) is 30.1 Å². The summed E-state index contributed by atoms with van der Waals surface area (Å²) in [6.45, 7) is 5.00. The van der Waals surface area contributed by atoms with Crippen molar-refractivity contribution < 1.29 is 27.5 Å². The predicted octanol–water partition coefficient (Wildman–Crippen LogP) is 3.63. The molecule has 1 aromatic rings. The Kier molecular flexibility index (Phi) is 5.10. The molecule has 1 aromatic carbocycles. The van der Waals surface area contributed by atoms with Crippen LogP contribution < -0.4 is 5.32 Å². The van der Waals surface area contributed by atoms with E-state index in [1.165, 1.54) is 30.0 Å². The molecule has 1 atom stereocenters. The molecule has 0 unspecified atom stereocenters. The lowest BCUT2D eigenvalue weighted by Crippen LogP contribution is -2.50. The van der Waals surface area contributed by atoms with Gasteiger partial charge < -0.3 is 10.1 Å². The van der Waals surface area contributed by atoms with Gasteiger partial charge in [0.05, 0.1) is 24.3 Å². The number of hydrogen-bond acceptors (Lipinski definition) is 3. The van der Waals surface area contributed by atoms with Gasteiger partial charge in [-0.3, -0.25) is 4.90 Å². The molecular weight excluding hydrogens is 337 g/mol. The zero-order valence-electron chi connectivity index (χ0n) is 14.3. The first kappa shape index (κ1) is 18.8. The predicted molar refractivity (Wildman–Crippen MR) is 84.4 cm³/mol. The van der Waals surface area contributed by atoms with Crippen LogP contribution in [0.4, 0.5) is 18.0 Å². The number of amides is 2. The summed E-state index contributed by atoms with van der Waals surface area (Å²) >= 11 is 0. The van der Waals surface area contributed by atoms with E-state index in [2.05, 4.69) is 5.32 Å². The van der Waals surface area contributed by atoms with Gasteiger partial charge >= 0.3 is 18.2 Å². The van der Waals surface area contributed by atoms with E-state index in [1.807, 2.05) is 0 Å². The second-order valence-corrected chi connectivity index (χ2v) is 5.92. The number of hydrogen-bond donors (Lipinski definition) is 1. The lowest BCUT2D eigenvalue weighted by atomic mass is 9.91. The van der Waals surface area contributed by atoms with Crippen molar-refractivity contribution in [3.63, 3.8) is 0 Å². The van der Waals surface area contributed by atoms with Gasteiger partial charge in [0.2, 0.25) is 0 Å². The number of halogens is 3. The first-order chi connectivity index (χ1) is 11.6. The molecule has 0 saturated carbocycles. The fourth-order valence-electron chi connectivity index (χ4n) is 2.99. The summed E-state index contributed by atoms with van der Waals surface area (Å²) in [7, 11) is 1.14. The van der Waals surface area contributed by atoms with Crippen molar-refractivity contribution in [2.75, 3.05) is 7.11 Å². The van der Waals surface area contributed by atoms with Gasteiger partial charge in [-0.25, -0.2) is 9.59 Å². The molecule has 1 heterocycles. The highest BCUT2D eigenvalue weighted by molar-refractivity contribution is 5.95. The monoisotopic (exact) mass is 356 g/mol. The van der Waals surface area contributed by atoms with Crippen LogP contribution in [-0.2, 0) is 15.7 Å². The molecule has 8 heteroatoms. The van der Waals surface area contributed by atoms with E-state index in [4.69, 9.17) is 4.74 Å². The van der Waals surface area contributed by atoms with Gasteiger partial charge in [0.25, 0.3) is 0 Å². The number of urea groups is 1. The molecule has 5 nitrogen and oxygen atoms in total. The molecule has 0 aliphatic carbocycles. The van der Waals surface area contributed by atoms with Gasteiger partial charge in [-0.15, -0.1) is 0 Å². The summed E-state index contributed by atoms with van der Waals surface area (Å²) in [5.41, 5.74) is -0.862. The molecule has 2 amide bonds. The zero-order chi connectivity index (χ0) is 18.9. The van der Waals surface area contributed by atoms with Gasteiger partial charge in [0, 0.05) is 11.7 Å². The number of ether oxygens (including phenoxy) is 1. The van der Waals surface area contributed by atoms with Crippen molar-refractivity contribution in [2.45, 2.75) is 39.0 Å². The minimum absolute atomic E-state index is 0.0208. The summed E-state index contributed by atoms with van der Waals surface area (Å²) < 4.78 is 44.8. The summed E-state index contributed by atoms with van der Waals surface area (Å²) in [6.07, 6.45) is -4.62. The normalized spacial score (nSPS) is 18.5. The second-order valence-electron chi connectivity index (χ2n) is 5.92. The van der Waals surface area contributed by atoms with E-state index in [-0.39, 0.29) is 22.9 Å². The largest absolute Gasteiger partial charge is 0.466 e. The molecule has 0 spiro atoms.